The molecule has 0 aliphatic carbocycles. The van der Waals surface area contributed by atoms with Crippen LogP contribution in [-0.2, 0) is 5.92 Å². The molecule has 0 bridgehead atoms. The number of halogens is 2. The minimum Gasteiger partial charge on any atom is -0.396 e. The first kappa shape index (κ1) is 11.0. The van der Waals surface area contributed by atoms with E-state index >= 15 is 0 Å². The minimum atomic E-state index is -3.19. The Kier molecular flexibility index (Phi) is 3.49. The van der Waals surface area contributed by atoms with Crippen molar-refractivity contribution in [1.29, 1.82) is 0 Å². The molecule has 0 fully saturated rings. The summed E-state index contributed by atoms with van der Waals surface area (Å²) in [5.41, 5.74) is 4.88. The first-order valence-electron chi connectivity index (χ1n) is 4.24. The van der Waals surface area contributed by atoms with Gasteiger partial charge in [-0.3, -0.25) is 4.98 Å². The average molecular weight is 202 g/mol. The number of aromatic nitrogens is 1. The third-order valence-electron chi connectivity index (χ3n) is 1.91. The number of hydrogen-bond acceptors (Lipinski definition) is 3. The highest BCUT2D eigenvalue weighted by Gasteiger charge is 2.39. The van der Waals surface area contributed by atoms with E-state index in [9.17, 15) is 8.78 Å². The van der Waals surface area contributed by atoms with Gasteiger partial charge in [-0.2, -0.15) is 8.78 Å². The standard InChI is InChI=1S/C9H12F2N2O/c10-9(11,7(12)4-6-14)8-3-1-2-5-13-8/h1-3,5,7,14H,4,6,12H2/t7-/m0/s1. The van der Waals surface area contributed by atoms with Crippen molar-refractivity contribution in [3.8, 4) is 0 Å². The van der Waals surface area contributed by atoms with E-state index in [1.807, 2.05) is 0 Å². The van der Waals surface area contributed by atoms with Crippen LogP contribution in [0.1, 0.15) is 12.1 Å². The predicted octanol–water partition coefficient (Wildman–Crippen LogP) is 0.883. The number of pyridine rings is 1. The van der Waals surface area contributed by atoms with Crippen molar-refractivity contribution >= 4 is 0 Å². The second-order valence-electron chi connectivity index (χ2n) is 2.96. The molecule has 0 unspecified atom stereocenters. The van der Waals surface area contributed by atoms with Gasteiger partial charge in [0.15, 0.2) is 0 Å². The van der Waals surface area contributed by atoms with Crippen molar-refractivity contribution in [3.05, 3.63) is 30.1 Å². The van der Waals surface area contributed by atoms with Crippen molar-refractivity contribution in [2.45, 2.75) is 18.4 Å². The van der Waals surface area contributed by atoms with Crippen LogP contribution in [0.25, 0.3) is 0 Å². The molecule has 78 valence electrons. The largest absolute Gasteiger partial charge is 0.396 e. The Balaban J connectivity index is 2.84. The van der Waals surface area contributed by atoms with Crippen LogP contribution in [0.2, 0.25) is 0 Å². The Bertz CT molecular complexity index is 279. The number of alkyl halides is 2. The molecule has 0 aliphatic rings. The number of hydrogen-bond donors (Lipinski definition) is 2. The fourth-order valence-electron chi connectivity index (χ4n) is 1.07. The molecular weight excluding hydrogens is 190 g/mol. The van der Waals surface area contributed by atoms with Gasteiger partial charge in [0.1, 0.15) is 5.69 Å². The predicted molar refractivity (Wildman–Crippen MR) is 47.8 cm³/mol. The van der Waals surface area contributed by atoms with Crippen LogP contribution < -0.4 is 5.73 Å². The summed E-state index contributed by atoms with van der Waals surface area (Å²) < 4.78 is 26.9. The summed E-state index contributed by atoms with van der Waals surface area (Å²) in [5.74, 6) is -3.19. The zero-order chi connectivity index (χ0) is 10.6. The van der Waals surface area contributed by atoms with E-state index in [0.717, 1.165) is 0 Å². The van der Waals surface area contributed by atoms with E-state index in [4.69, 9.17) is 10.8 Å². The Morgan fingerprint density at radius 2 is 2.21 bits per heavy atom. The molecule has 0 spiro atoms. The normalized spacial score (nSPS) is 14.0. The molecule has 1 atom stereocenters. The molecule has 0 saturated carbocycles. The van der Waals surface area contributed by atoms with Crippen LogP contribution in [-0.4, -0.2) is 22.7 Å². The zero-order valence-electron chi connectivity index (χ0n) is 7.53. The third kappa shape index (κ3) is 2.24. The molecule has 3 nitrogen and oxygen atoms in total. The summed E-state index contributed by atoms with van der Waals surface area (Å²) in [4.78, 5) is 3.54. The highest BCUT2D eigenvalue weighted by atomic mass is 19.3. The molecule has 1 heterocycles. The van der Waals surface area contributed by atoms with Crippen molar-refractivity contribution < 1.29 is 13.9 Å². The summed E-state index contributed by atoms with van der Waals surface area (Å²) in [6.45, 7) is -0.358. The minimum absolute atomic E-state index is 0.149. The van der Waals surface area contributed by atoms with Crippen molar-refractivity contribution in [1.82, 2.24) is 4.98 Å². The Labute approximate surface area is 80.6 Å². The van der Waals surface area contributed by atoms with Gasteiger partial charge in [0.25, 0.3) is 0 Å². The van der Waals surface area contributed by atoms with E-state index in [2.05, 4.69) is 4.98 Å². The van der Waals surface area contributed by atoms with Crippen LogP contribution in [0, 0.1) is 0 Å². The van der Waals surface area contributed by atoms with Gasteiger partial charge >= 0.3 is 5.92 Å². The molecule has 0 amide bonds. The molecule has 5 heteroatoms. The van der Waals surface area contributed by atoms with Gasteiger partial charge in [-0.15, -0.1) is 0 Å². The Morgan fingerprint density at radius 1 is 1.50 bits per heavy atom. The van der Waals surface area contributed by atoms with Crippen LogP contribution >= 0.6 is 0 Å². The number of aliphatic hydroxyl groups excluding tert-OH is 1. The Hall–Kier alpha value is -1.07. The number of aliphatic hydroxyl groups is 1. The van der Waals surface area contributed by atoms with Crippen molar-refractivity contribution in [2.75, 3.05) is 6.61 Å². The first-order chi connectivity index (χ1) is 6.59. The lowest BCUT2D eigenvalue weighted by Gasteiger charge is -2.21. The van der Waals surface area contributed by atoms with Crippen molar-refractivity contribution in [3.63, 3.8) is 0 Å². The molecule has 0 radical (unpaired) electrons. The molecule has 1 aromatic rings. The first-order valence-corrected chi connectivity index (χ1v) is 4.24. The number of nitrogens with two attached hydrogens (primary N) is 1. The maximum absolute atomic E-state index is 13.4. The summed E-state index contributed by atoms with van der Waals surface area (Å²) in [6.07, 6.45) is 1.14. The summed E-state index contributed by atoms with van der Waals surface area (Å²) in [5, 5.41) is 8.51. The summed E-state index contributed by atoms with van der Waals surface area (Å²) in [7, 11) is 0. The van der Waals surface area contributed by atoms with Gasteiger partial charge < -0.3 is 10.8 Å². The molecule has 0 aliphatic heterocycles. The fraction of sp³-hybridized carbons (Fsp3) is 0.444. The van der Waals surface area contributed by atoms with Crippen LogP contribution in [0.15, 0.2) is 24.4 Å². The molecule has 1 rings (SSSR count). The van der Waals surface area contributed by atoms with Crippen LogP contribution in [0.5, 0.6) is 0 Å². The third-order valence-corrected chi connectivity index (χ3v) is 1.91. The van der Waals surface area contributed by atoms with E-state index < -0.39 is 12.0 Å². The van der Waals surface area contributed by atoms with E-state index in [-0.39, 0.29) is 18.7 Å². The molecule has 14 heavy (non-hydrogen) atoms. The smallest absolute Gasteiger partial charge is 0.304 e. The van der Waals surface area contributed by atoms with Crippen molar-refractivity contribution in [2.24, 2.45) is 5.73 Å². The Morgan fingerprint density at radius 3 is 2.71 bits per heavy atom. The van der Waals surface area contributed by atoms with Gasteiger partial charge in [-0.1, -0.05) is 6.07 Å². The molecule has 0 aromatic carbocycles. The van der Waals surface area contributed by atoms with E-state index in [0.29, 0.717) is 0 Å². The quantitative estimate of drug-likeness (QED) is 0.762. The summed E-state index contributed by atoms with van der Waals surface area (Å²) in [6, 6.07) is 2.85. The number of nitrogens with zero attached hydrogens (tertiary/aromatic N) is 1. The monoisotopic (exact) mass is 202 g/mol. The van der Waals surface area contributed by atoms with Gasteiger partial charge in [-0.05, 0) is 18.6 Å². The lowest BCUT2D eigenvalue weighted by atomic mass is 10.0. The second kappa shape index (κ2) is 4.43. The van der Waals surface area contributed by atoms with Crippen LogP contribution in [0.3, 0.4) is 0 Å². The van der Waals surface area contributed by atoms with E-state index in [1.54, 1.807) is 6.07 Å². The lowest BCUT2D eigenvalue weighted by Crippen LogP contribution is -2.39. The maximum atomic E-state index is 13.4. The molecule has 3 N–H and O–H groups in total. The van der Waals surface area contributed by atoms with Crippen LogP contribution in [0.4, 0.5) is 8.78 Å². The molecular formula is C9H12F2N2O. The average Bonchev–Trinajstić information content (AvgIpc) is 2.19. The fourth-order valence-corrected chi connectivity index (χ4v) is 1.07. The lowest BCUT2D eigenvalue weighted by molar-refractivity contribution is -0.0414. The van der Waals surface area contributed by atoms with E-state index in [1.165, 1.54) is 18.3 Å². The molecule has 1 aromatic heterocycles. The summed E-state index contributed by atoms with van der Waals surface area (Å²) >= 11 is 0. The van der Waals surface area contributed by atoms with Gasteiger partial charge in [-0.25, -0.2) is 0 Å². The van der Waals surface area contributed by atoms with Gasteiger partial charge in [0.2, 0.25) is 0 Å². The maximum Gasteiger partial charge on any atom is 0.304 e. The number of rotatable bonds is 4. The van der Waals surface area contributed by atoms with Gasteiger partial charge in [0.05, 0.1) is 6.04 Å². The van der Waals surface area contributed by atoms with Gasteiger partial charge in [0, 0.05) is 12.8 Å². The zero-order valence-corrected chi connectivity index (χ0v) is 7.53. The topological polar surface area (TPSA) is 59.1 Å². The highest BCUT2D eigenvalue weighted by Crippen LogP contribution is 2.30. The molecule has 0 saturated heterocycles. The second-order valence-corrected chi connectivity index (χ2v) is 2.96. The SMILES string of the molecule is N[C@@H](CCO)C(F)(F)c1ccccn1. The highest BCUT2D eigenvalue weighted by molar-refractivity contribution is 5.12.